The molecule has 156 valence electrons. The third kappa shape index (κ3) is 5.11. The molecule has 1 aromatic rings. The zero-order chi connectivity index (χ0) is 20.3. The molecule has 2 amide bonds. The van der Waals surface area contributed by atoms with E-state index in [0.717, 1.165) is 38.0 Å². The molecule has 0 aliphatic carbocycles. The molecule has 0 unspecified atom stereocenters. The van der Waals surface area contributed by atoms with Crippen molar-refractivity contribution in [2.75, 3.05) is 32.7 Å². The maximum Gasteiger partial charge on any atom is 0.257 e. The number of nitrogens with one attached hydrogen (secondary N) is 1. The van der Waals surface area contributed by atoms with Crippen molar-refractivity contribution in [3.63, 3.8) is 0 Å². The highest BCUT2D eigenvalue weighted by Crippen LogP contribution is 2.26. The summed E-state index contributed by atoms with van der Waals surface area (Å²) in [7, 11) is 1.82. The average Bonchev–Trinajstić information content (AvgIpc) is 2.84. The molecule has 2 N–H and O–H groups in total. The van der Waals surface area contributed by atoms with Gasteiger partial charge in [0.15, 0.2) is 0 Å². The molecule has 2 aliphatic heterocycles. The lowest BCUT2D eigenvalue weighted by Gasteiger charge is -2.38. The lowest BCUT2D eigenvalue weighted by atomic mass is 9.93. The van der Waals surface area contributed by atoms with Gasteiger partial charge >= 0.3 is 0 Å². The van der Waals surface area contributed by atoms with Crippen molar-refractivity contribution in [1.29, 1.82) is 0 Å². The van der Waals surface area contributed by atoms with Gasteiger partial charge in [0.1, 0.15) is 0 Å². The molecule has 0 spiro atoms. The molecule has 8 heteroatoms. The number of nitrogens with zero attached hydrogens (tertiary/aromatic N) is 4. The van der Waals surface area contributed by atoms with Crippen LogP contribution in [0.3, 0.4) is 0 Å². The molecule has 2 saturated heterocycles. The van der Waals surface area contributed by atoms with Crippen molar-refractivity contribution in [2.24, 2.45) is 7.05 Å². The molecule has 1 aromatic heterocycles. The Bertz CT molecular complexity index is 711. The summed E-state index contributed by atoms with van der Waals surface area (Å²) in [6.07, 6.45) is 5.69. The number of likely N-dealkylation sites (tertiary alicyclic amines) is 2. The highest BCUT2D eigenvalue weighted by atomic mass is 16.3. The summed E-state index contributed by atoms with van der Waals surface area (Å²) in [5.74, 6) is 0.0282. The van der Waals surface area contributed by atoms with Crippen LogP contribution < -0.4 is 5.32 Å². The molecule has 28 heavy (non-hydrogen) atoms. The second-order valence-corrected chi connectivity index (χ2v) is 8.42. The Morgan fingerprint density at radius 1 is 1.25 bits per heavy atom. The van der Waals surface area contributed by atoms with Crippen LogP contribution in [0.15, 0.2) is 6.20 Å². The molecule has 3 heterocycles. The van der Waals surface area contributed by atoms with E-state index >= 15 is 0 Å². The number of carbonyl (C=O) groups is 2. The van der Waals surface area contributed by atoms with Gasteiger partial charge in [-0.2, -0.15) is 5.10 Å². The van der Waals surface area contributed by atoms with Gasteiger partial charge in [-0.3, -0.25) is 14.3 Å². The maximum absolute atomic E-state index is 12.9. The topological polar surface area (TPSA) is 90.7 Å². The van der Waals surface area contributed by atoms with Crippen LogP contribution in [0.25, 0.3) is 0 Å². The first-order chi connectivity index (χ1) is 13.3. The zero-order valence-electron chi connectivity index (χ0n) is 17.3. The first kappa shape index (κ1) is 20.8. The average molecular weight is 392 g/mol. The molecule has 3 rings (SSSR count). The molecule has 2 aliphatic rings. The highest BCUT2D eigenvalue weighted by Gasteiger charge is 2.35. The number of carbonyl (C=O) groups excluding carboxylic acids is 2. The number of aliphatic hydroxyl groups is 1. The van der Waals surface area contributed by atoms with E-state index in [-0.39, 0.29) is 17.9 Å². The Balaban J connectivity index is 1.53. The maximum atomic E-state index is 12.9. The monoisotopic (exact) mass is 391 g/mol. The van der Waals surface area contributed by atoms with E-state index < -0.39 is 5.60 Å². The minimum atomic E-state index is -0.764. The smallest absolute Gasteiger partial charge is 0.257 e. The number of β-amino-alcohol motifs (C(OH)–C–C–N with tert-alkyl or cyclic N) is 1. The predicted octanol–water partition coefficient (Wildman–Crippen LogP) is 0.686. The van der Waals surface area contributed by atoms with Crippen LogP contribution >= 0.6 is 0 Å². The molecule has 0 aromatic carbocycles. The van der Waals surface area contributed by atoms with Crippen LogP contribution in [0.5, 0.6) is 0 Å². The van der Waals surface area contributed by atoms with Crippen molar-refractivity contribution in [2.45, 2.75) is 57.6 Å². The summed E-state index contributed by atoms with van der Waals surface area (Å²) >= 11 is 0. The van der Waals surface area contributed by atoms with Gasteiger partial charge in [-0.25, -0.2) is 0 Å². The zero-order valence-corrected chi connectivity index (χ0v) is 17.3. The number of aromatic nitrogens is 2. The molecule has 2 fully saturated rings. The third-order valence-corrected chi connectivity index (χ3v) is 5.96. The quantitative estimate of drug-likeness (QED) is 0.788. The first-order valence-corrected chi connectivity index (χ1v) is 10.3. The minimum Gasteiger partial charge on any atom is -0.388 e. The summed E-state index contributed by atoms with van der Waals surface area (Å²) in [5, 5.41) is 18.4. The summed E-state index contributed by atoms with van der Waals surface area (Å²) < 4.78 is 1.67. The number of amides is 2. The van der Waals surface area contributed by atoms with Crippen LogP contribution in [0.1, 0.15) is 55.1 Å². The largest absolute Gasteiger partial charge is 0.388 e. The van der Waals surface area contributed by atoms with Gasteiger partial charge in [0.25, 0.3) is 5.91 Å². The number of rotatable bonds is 4. The number of aryl methyl sites for hydroxylation is 2. The van der Waals surface area contributed by atoms with Crippen LogP contribution in [-0.4, -0.2) is 80.9 Å². The summed E-state index contributed by atoms with van der Waals surface area (Å²) in [4.78, 5) is 28.2. The van der Waals surface area contributed by atoms with Gasteiger partial charge in [-0.05, 0) is 39.0 Å². The molecule has 0 radical (unpaired) electrons. The standard InChI is InChI=1S/C20H33N5O3/c1-15-18(13-23(3)22-15)19(27)25-9-4-7-20(28,8-12-25)14-24-10-5-17(6-11-24)21-16(2)26/h13,17,28H,4-12,14H2,1-3H3,(H,21,26)/t20-/m1/s1. The predicted molar refractivity (Wildman–Crippen MR) is 106 cm³/mol. The van der Waals surface area contributed by atoms with Crippen LogP contribution in [0, 0.1) is 6.92 Å². The van der Waals surface area contributed by atoms with Crippen molar-refractivity contribution >= 4 is 11.8 Å². The van der Waals surface area contributed by atoms with Crippen molar-refractivity contribution in [1.82, 2.24) is 24.9 Å². The Morgan fingerprint density at radius 3 is 2.57 bits per heavy atom. The fraction of sp³-hybridized carbons (Fsp3) is 0.750. The minimum absolute atomic E-state index is 0.00553. The van der Waals surface area contributed by atoms with Crippen LogP contribution in [0.4, 0.5) is 0 Å². The van der Waals surface area contributed by atoms with Gasteiger partial charge in [-0.1, -0.05) is 0 Å². The van der Waals surface area contributed by atoms with Crippen LogP contribution in [0.2, 0.25) is 0 Å². The Morgan fingerprint density at radius 2 is 1.96 bits per heavy atom. The lowest BCUT2D eigenvalue weighted by molar-refractivity contribution is -0.120. The third-order valence-electron chi connectivity index (χ3n) is 5.96. The van der Waals surface area contributed by atoms with E-state index in [4.69, 9.17) is 0 Å². The van der Waals surface area contributed by atoms with E-state index in [0.29, 0.717) is 38.0 Å². The summed E-state index contributed by atoms with van der Waals surface area (Å²) in [6, 6.07) is 0.244. The summed E-state index contributed by atoms with van der Waals surface area (Å²) in [6.45, 7) is 7.03. The van der Waals surface area contributed by atoms with E-state index in [1.54, 1.807) is 17.8 Å². The van der Waals surface area contributed by atoms with Gasteiger partial charge < -0.3 is 20.2 Å². The Kier molecular flexibility index (Phi) is 6.40. The highest BCUT2D eigenvalue weighted by molar-refractivity contribution is 5.95. The second-order valence-electron chi connectivity index (χ2n) is 8.42. The van der Waals surface area contributed by atoms with Crippen molar-refractivity contribution in [3.05, 3.63) is 17.5 Å². The molecule has 1 atom stereocenters. The van der Waals surface area contributed by atoms with Crippen LogP contribution in [-0.2, 0) is 11.8 Å². The normalized spacial score (nSPS) is 24.8. The molecular weight excluding hydrogens is 358 g/mol. The Labute approximate surface area is 166 Å². The fourth-order valence-electron chi connectivity index (χ4n) is 4.46. The number of hydrogen-bond acceptors (Lipinski definition) is 5. The first-order valence-electron chi connectivity index (χ1n) is 10.3. The van der Waals surface area contributed by atoms with E-state index in [1.807, 2.05) is 18.9 Å². The Hall–Kier alpha value is -1.93. The molecule has 8 nitrogen and oxygen atoms in total. The van der Waals surface area contributed by atoms with E-state index in [9.17, 15) is 14.7 Å². The van der Waals surface area contributed by atoms with Crippen molar-refractivity contribution in [3.8, 4) is 0 Å². The van der Waals surface area contributed by atoms with Gasteiger partial charge in [0, 0.05) is 58.9 Å². The van der Waals surface area contributed by atoms with E-state index in [1.165, 1.54) is 0 Å². The number of piperidine rings is 1. The van der Waals surface area contributed by atoms with Crippen molar-refractivity contribution < 1.29 is 14.7 Å². The lowest BCUT2D eigenvalue weighted by Crippen LogP contribution is -2.50. The summed E-state index contributed by atoms with van der Waals surface area (Å²) in [5.41, 5.74) is 0.627. The second kappa shape index (κ2) is 8.61. The molecular formula is C20H33N5O3. The fourth-order valence-corrected chi connectivity index (χ4v) is 4.46. The molecule has 0 saturated carbocycles. The van der Waals surface area contributed by atoms with Gasteiger partial charge in [-0.15, -0.1) is 0 Å². The van der Waals surface area contributed by atoms with Gasteiger partial charge in [0.05, 0.1) is 16.9 Å². The SMILES string of the molecule is CC(=O)NC1CCN(C[C@@]2(O)CCCN(C(=O)c3cn(C)nc3C)CC2)CC1. The molecule has 0 bridgehead atoms. The number of hydrogen-bond donors (Lipinski definition) is 2. The van der Waals surface area contributed by atoms with Gasteiger partial charge in [0.2, 0.25) is 5.91 Å². The van der Waals surface area contributed by atoms with E-state index in [2.05, 4.69) is 15.3 Å².